The van der Waals surface area contributed by atoms with E-state index >= 15 is 0 Å². The van der Waals surface area contributed by atoms with Crippen molar-refractivity contribution in [3.63, 3.8) is 0 Å². The smallest absolute Gasteiger partial charge is 0.415 e. The zero-order chi connectivity index (χ0) is 22.5. The van der Waals surface area contributed by atoms with Crippen molar-refractivity contribution in [2.24, 2.45) is 0 Å². The van der Waals surface area contributed by atoms with Gasteiger partial charge in [0.2, 0.25) is 0 Å². The standard InChI is InChI=1S/C19H26ClN5O3.C2H6.FH/c1-19(2,3)28-18(27)24(4)15-10-14(20)23-16-13(11-21-25(15)16)17(26)22-12-8-6-5-7-9-12;1-2;/h10-12H,5-9H2,1-4H3,(H,22,26);1-2H3;1H. The lowest BCUT2D eigenvalue weighted by atomic mass is 9.95. The average Bonchev–Trinajstić information content (AvgIpc) is 3.11. The molecule has 10 heteroatoms. The first-order chi connectivity index (χ1) is 14.2. The fourth-order valence-electron chi connectivity index (χ4n) is 3.25. The maximum atomic E-state index is 12.7. The van der Waals surface area contributed by atoms with Crippen LogP contribution in [0.2, 0.25) is 5.15 Å². The minimum Gasteiger partial charge on any atom is -0.443 e. The van der Waals surface area contributed by atoms with Crippen molar-refractivity contribution < 1.29 is 19.0 Å². The number of amides is 2. The molecule has 2 amide bonds. The minimum absolute atomic E-state index is 0. The topological polar surface area (TPSA) is 88.8 Å². The summed E-state index contributed by atoms with van der Waals surface area (Å²) in [5, 5.41) is 7.47. The Kier molecular flexibility index (Phi) is 9.68. The van der Waals surface area contributed by atoms with Crippen LogP contribution in [0.25, 0.3) is 5.65 Å². The number of halogens is 2. The first-order valence-electron chi connectivity index (χ1n) is 10.5. The van der Waals surface area contributed by atoms with Crippen LogP contribution in [0.15, 0.2) is 12.3 Å². The highest BCUT2D eigenvalue weighted by Gasteiger charge is 2.25. The Morgan fingerprint density at radius 3 is 2.42 bits per heavy atom. The van der Waals surface area contributed by atoms with Crippen molar-refractivity contribution >= 4 is 35.1 Å². The van der Waals surface area contributed by atoms with Crippen LogP contribution in [-0.2, 0) is 4.74 Å². The molecule has 0 unspecified atom stereocenters. The molecule has 0 aromatic carbocycles. The summed E-state index contributed by atoms with van der Waals surface area (Å²) in [6.45, 7) is 9.36. The lowest BCUT2D eigenvalue weighted by Crippen LogP contribution is -2.36. The highest BCUT2D eigenvalue weighted by atomic mass is 35.5. The number of anilines is 1. The minimum atomic E-state index is -0.642. The second-order valence-electron chi connectivity index (χ2n) is 8.08. The molecule has 0 spiro atoms. The number of hydrogen-bond acceptors (Lipinski definition) is 5. The van der Waals surface area contributed by atoms with Gasteiger partial charge in [0.1, 0.15) is 22.1 Å². The maximum absolute atomic E-state index is 12.7. The molecule has 0 atom stereocenters. The highest BCUT2D eigenvalue weighted by molar-refractivity contribution is 6.30. The summed E-state index contributed by atoms with van der Waals surface area (Å²) >= 11 is 6.17. The van der Waals surface area contributed by atoms with Crippen molar-refractivity contribution in [3.05, 3.63) is 23.0 Å². The molecule has 0 aliphatic heterocycles. The summed E-state index contributed by atoms with van der Waals surface area (Å²) in [7, 11) is 1.56. The number of carbonyl (C=O) groups excluding carboxylic acids is 2. The summed E-state index contributed by atoms with van der Waals surface area (Å²) in [5.41, 5.74) is -0.0191. The second kappa shape index (κ2) is 11.3. The van der Waals surface area contributed by atoms with Crippen LogP contribution in [0.3, 0.4) is 0 Å². The van der Waals surface area contributed by atoms with Gasteiger partial charge in [-0.2, -0.15) is 9.61 Å². The second-order valence-corrected chi connectivity index (χ2v) is 8.47. The molecular weight excluding hydrogens is 425 g/mol. The van der Waals surface area contributed by atoms with Gasteiger partial charge in [-0.3, -0.25) is 14.4 Å². The summed E-state index contributed by atoms with van der Waals surface area (Å²) in [4.78, 5) is 30.7. The van der Waals surface area contributed by atoms with Crippen molar-refractivity contribution in [3.8, 4) is 0 Å². The lowest BCUT2D eigenvalue weighted by molar-refractivity contribution is 0.0587. The van der Waals surface area contributed by atoms with Crippen LogP contribution in [0.5, 0.6) is 0 Å². The van der Waals surface area contributed by atoms with Gasteiger partial charge in [0.25, 0.3) is 5.91 Å². The van der Waals surface area contributed by atoms with E-state index in [9.17, 15) is 9.59 Å². The van der Waals surface area contributed by atoms with Crippen LogP contribution in [0, 0.1) is 0 Å². The first kappa shape index (κ1) is 26.6. The van der Waals surface area contributed by atoms with Gasteiger partial charge in [-0.1, -0.05) is 44.7 Å². The number of carbonyl (C=O) groups is 2. The number of aromatic nitrogens is 3. The number of hydrogen-bond donors (Lipinski definition) is 1. The summed E-state index contributed by atoms with van der Waals surface area (Å²) in [6, 6.07) is 1.67. The van der Waals surface area contributed by atoms with Crippen LogP contribution in [0.4, 0.5) is 15.3 Å². The zero-order valence-electron chi connectivity index (χ0n) is 19.1. The van der Waals surface area contributed by atoms with E-state index in [0.29, 0.717) is 17.0 Å². The molecule has 3 rings (SSSR count). The average molecular weight is 458 g/mol. The third-order valence-corrected chi connectivity index (χ3v) is 4.81. The largest absolute Gasteiger partial charge is 0.443 e. The van der Waals surface area contributed by atoms with Gasteiger partial charge in [0.05, 0.1) is 6.20 Å². The lowest BCUT2D eigenvalue weighted by Gasteiger charge is -2.25. The van der Waals surface area contributed by atoms with E-state index in [1.807, 2.05) is 13.8 Å². The van der Waals surface area contributed by atoms with Crippen LogP contribution >= 0.6 is 11.6 Å². The molecule has 174 valence electrons. The van der Waals surface area contributed by atoms with E-state index in [1.165, 1.54) is 28.1 Å². The summed E-state index contributed by atoms with van der Waals surface area (Å²) < 4.78 is 6.82. The predicted octanol–water partition coefficient (Wildman–Crippen LogP) is 5.00. The van der Waals surface area contributed by atoms with Crippen molar-refractivity contribution in [1.29, 1.82) is 0 Å². The third-order valence-electron chi connectivity index (χ3n) is 4.62. The molecule has 0 radical (unpaired) electrons. The van der Waals surface area contributed by atoms with Gasteiger partial charge in [-0.15, -0.1) is 0 Å². The molecule has 1 N–H and O–H groups in total. The van der Waals surface area contributed by atoms with Gasteiger partial charge < -0.3 is 10.1 Å². The molecule has 31 heavy (non-hydrogen) atoms. The molecule has 0 saturated heterocycles. The Labute approximate surface area is 187 Å². The van der Waals surface area contributed by atoms with E-state index < -0.39 is 11.7 Å². The Hall–Kier alpha value is -2.42. The summed E-state index contributed by atoms with van der Waals surface area (Å²) in [6.07, 6.45) is 6.30. The quantitative estimate of drug-likeness (QED) is 0.655. The Balaban J connectivity index is 0.00000156. The van der Waals surface area contributed by atoms with E-state index in [0.717, 1.165) is 25.7 Å². The monoisotopic (exact) mass is 457 g/mol. The molecule has 0 bridgehead atoms. The number of rotatable bonds is 3. The van der Waals surface area contributed by atoms with Gasteiger partial charge in [0.15, 0.2) is 5.65 Å². The molecule has 1 fully saturated rings. The molecule has 1 aliphatic rings. The van der Waals surface area contributed by atoms with Gasteiger partial charge in [-0.05, 0) is 33.6 Å². The molecule has 1 aliphatic carbocycles. The van der Waals surface area contributed by atoms with E-state index in [4.69, 9.17) is 16.3 Å². The molecular formula is C21H33ClFN5O3. The van der Waals surface area contributed by atoms with Crippen LogP contribution in [-0.4, -0.2) is 45.3 Å². The van der Waals surface area contributed by atoms with E-state index in [-0.39, 0.29) is 21.8 Å². The van der Waals surface area contributed by atoms with Crippen molar-refractivity contribution in [1.82, 2.24) is 19.9 Å². The number of nitrogens with zero attached hydrogens (tertiary/aromatic N) is 4. The number of nitrogens with one attached hydrogen (secondary N) is 1. The zero-order valence-corrected chi connectivity index (χ0v) is 19.8. The molecule has 2 aromatic rings. The number of fused-ring (bicyclic) bond motifs is 1. The van der Waals surface area contributed by atoms with Crippen molar-refractivity contribution in [2.75, 3.05) is 11.9 Å². The number of ether oxygens (including phenoxy) is 1. The van der Waals surface area contributed by atoms with Gasteiger partial charge in [-0.25, -0.2) is 9.78 Å². The van der Waals surface area contributed by atoms with Crippen LogP contribution < -0.4 is 10.2 Å². The molecule has 2 aromatic heterocycles. The van der Waals surface area contributed by atoms with Crippen LogP contribution in [0.1, 0.15) is 77.1 Å². The van der Waals surface area contributed by atoms with Gasteiger partial charge >= 0.3 is 6.09 Å². The fourth-order valence-corrected chi connectivity index (χ4v) is 3.43. The normalized spacial score (nSPS) is 14.2. The Bertz CT molecular complexity index is 891. The Morgan fingerprint density at radius 1 is 1.23 bits per heavy atom. The molecule has 2 heterocycles. The highest BCUT2D eigenvalue weighted by Crippen LogP contribution is 2.24. The summed E-state index contributed by atoms with van der Waals surface area (Å²) in [5.74, 6) is 0.128. The first-order valence-corrected chi connectivity index (χ1v) is 10.9. The maximum Gasteiger partial charge on any atom is 0.415 e. The van der Waals surface area contributed by atoms with Gasteiger partial charge in [0, 0.05) is 19.2 Å². The molecule has 8 nitrogen and oxygen atoms in total. The predicted molar refractivity (Wildman–Crippen MR) is 121 cm³/mol. The SMILES string of the molecule is CC.CN(C(=O)OC(C)(C)C)c1cc(Cl)nc2c(C(=O)NC3CCCCC3)cnn12.F. The Morgan fingerprint density at radius 2 is 1.84 bits per heavy atom. The van der Waals surface area contributed by atoms with E-state index in [1.54, 1.807) is 27.8 Å². The fraction of sp³-hybridized carbons (Fsp3) is 0.619. The molecule has 1 saturated carbocycles. The van der Waals surface area contributed by atoms with Crippen molar-refractivity contribution in [2.45, 2.75) is 78.4 Å². The third kappa shape index (κ3) is 6.78. The van der Waals surface area contributed by atoms with E-state index in [2.05, 4.69) is 15.4 Å².